The van der Waals surface area contributed by atoms with E-state index in [0.717, 1.165) is 43.0 Å². The maximum atomic E-state index is 13.4. The lowest BCUT2D eigenvalue weighted by Crippen LogP contribution is -2.36. The first-order valence-electron chi connectivity index (χ1n) is 12.7. The van der Waals surface area contributed by atoms with Crippen LogP contribution in [0, 0.1) is 19.8 Å². The number of rotatable bonds is 9. The van der Waals surface area contributed by atoms with E-state index in [1.807, 2.05) is 12.1 Å². The van der Waals surface area contributed by atoms with Crippen molar-refractivity contribution in [3.8, 4) is 10.6 Å². The second-order valence-electron chi connectivity index (χ2n) is 9.66. The van der Waals surface area contributed by atoms with Crippen molar-refractivity contribution in [1.82, 2.24) is 15.1 Å². The number of carbonyl (C=O) groups is 2. The van der Waals surface area contributed by atoms with Crippen LogP contribution in [0.5, 0.6) is 0 Å². The fraction of sp³-hybridized carbons (Fsp3) is 0.429. The first-order chi connectivity index (χ1) is 17.8. The molecular weight excluding hydrogens is 508 g/mol. The summed E-state index contributed by atoms with van der Waals surface area (Å²) in [6, 6.07) is 11.3. The highest BCUT2D eigenvalue weighted by atomic mass is 35.5. The normalized spacial score (nSPS) is 14.6. The molecule has 1 aliphatic rings. The Morgan fingerprint density at radius 1 is 1.14 bits per heavy atom. The highest BCUT2D eigenvalue weighted by Crippen LogP contribution is 2.33. The molecule has 0 spiro atoms. The van der Waals surface area contributed by atoms with E-state index < -0.39 is 5.97 Å². The van der Waals surface area contributed by atoms with Gasteiger partial charge in [-0.3, -0.25) is 19.4 Å². The Morgan fingerprint density at radius 3 is 2.43 bits per heavy atom. The minimum absolute atomic E-state index is 0.170. The largest absolute Gasteiger partial charge is 0.481 e. The zero-order chi connectivity index (χ0) is 26.5. The molecule has 9 heteroatoms. The molecule has 7 nitrogen and oxygen atoms in total. The van der Waals surface area contributed by atoms with Gasteiger partial charge in [-0.15, -0.1) is 10.2 Å². The minimum atomic E-state index is -0.686. The third kappa shape index (κ3) is 6.37. The van der Waals surface area contributed by atoms with E-state index in [0.29, 0.717) is 35.1 Å². The Bertz CT molecular complexity index is 1250. The van der Waals surface area contributed by atoms with E-state index in [9.17, 15) is 14.7 Å². The molecule has 1 saturated heterocycles. The van der Waals surface area contributed by atoms with Gasteiger partial charge in [0, 0.05) is 18.7 Å². The molecule has 196 valence electrons. The molecule has 2 heterocycles. The summed E-state index contributed by atoms with van der Waals surface area (Å²) in [6.45, 7) is 9.24. The Hall–Kier alpha value is -2.81. The maximum absolute atomic E-state index is 13.4. The number of hydrogen-bond donors (Lipinski definition) is 1. The van der Waals surface area contributed by atoms with Gasteiger partial charge < -0.3 is 5.11 Å². The lowest BCUT2D eigenvalue weighted by atomic mass is 9.95. The zero-order valence-corrected chi connectivity index (χ0v) is 23.1. The van der Waals surface area contributed by atoms with Crippen LogP contribution in [0.3, 0.4) is 0 Å². The number of piperidine rings is 1. The van der Waals surface area contributed by atoms with Crippen LogP contribution in [0.2, 0.25) is 5.02 Å². The van der Waals surface area contributed by atoms with Gasteiger partial charge in [-0.2, -0.15) is 0 Å². The first-order valence-corrected chi connectivity index (χ1v) is 13.9. The van der Waals surface area contributed by atoms with Crippen molar-refractivity contribution in [2.75, 3.05) is 24.5 Å². The number of halogens is 1. The number of benzene rings is 2. The quantitative estimate of drug-likeness (QED) is 0.347. The van der Waals surface area contributed by atoms with Crippen molar-refractivity contribution in [2.45, 2.75) is 53.0 Å². The topological polar surface area (TPSA) is 86.6 Å². The van der Waals surface area contributed by atoms with Gasteiger partial charge in [-0.05, 0) is 87.2 Å². The maximum Gasteiger partial charge on any atom is 0.306 e. The van der Waals surface area contributed by atoms with E-state index in [4.69, 9.17) is 11.6 Å². The summed E-state index contributed by atoms with van der Waals surface area (Å²) in [6.07, 6.45) is 3.19. The Labute approximate surface area is 227 Å². The van der Waals surface area contributed by atoms with E-state index in [-0.39, 0.29) is 11.8 Å². The number of carbonyl (C=O) groups excluding carboxylic acids is 1. The predicted octanol–water partition coefficient (Wildman–Crippen LogP) is 6.22. The predicted molar refractivity (Wildman–Crippen MR) is 148 cm³/mol. The van der Waals surface area contributed by atoms with Gasteiger partial charge in [-0.1, -0.05) is 48.4 Å². The van der Waals surface area contributed by atoms with Crippen LogP contribution in [0.4, 0.5) is 5.13 Å². The summed E-state index contributed by atoms with van der Waals surface area (Å²) in [5.74, 6) is -1.08. The number of nitrogens with zero attached hydrogens (tertiary/aromatic N) is 4. The number of aliphatic carboxylic acids is 1. The molecule has 1 aromatic heterocycles. The summed E-state index contributed by atoms with van der Waals surface area (Å²) >= 11 is 7.73. The molecule has 1 amide bonds. The molecule has 0 atom stereocenters. The molecule has 1 fully saturated rings. The van der Waals surface area contributed by atoms with Crippen molar-refractivity contribution in [3.05, 3.63) is 63.7 Å². The molecule has 0 aliphatic carbocycles. The molecule has 1 N–H and O–H groups in total. The van der Waals surface area contributed by atoms with Crippen LogP contribution in [0.15, 0.2) is 36.4 Å². The van der Waals surface area contributed by atoms with Gasteiger partial charge >= 0.3 is 5.97 Å². The van der Waals surface area contributed by atoms with Gasteiger partial charge in [0.05, 0.1) is 16.5 Å². The van der Waals surface area contributed by atoms with Crippen LogP contribution in [-0.4, -0.2) is 51.7 Å². The summed E-state index contributed by atoms with van der Waals surface area (Å²) in [5.41, 5.74) is 5.04. The molecule has 2 aromatic carbocycles. The van der Waals surface area contributed by atoms with E-state index in [2.05, 4.69) is 48.0 Å². The molecule has 1 aliphatic heterocycles. The Balaban J connectivity index is 1.54. The lowest BCUT2D eigenvalue weighted by Gasteiger charge is -2.31. The molecular formula is C28H33ClN4O3S. The summed E-state index contributed by atoms with van der Waals surface area (Å²) in [7, 11) is 0. The number of hydrogen-bond acceptors (Lipinski definition) is 6. The fourth-order valence-electron chi connectivity index (χ4n) is 4.75. The second kappa shape index (κ2) is 12.2. The Morgan fingerprint density at radius 2 is 1.81 bits per heavy atom. The van der Waals surface area contributed by atoms with E-state index in [1.165, 1.54) is 28.0 Å². The van der Waals surface area contributed by atoms with Crippen molar-refractivity contribution >= 4 is 39.9 Å². The van der Waals surface area contributed by atoms with Gasteiger partial charge in [0.1, 0.15) is 5.01 Å². The molecule has 3 aromatic rings. The van der Waals surface area contributed by atoms with Crippen molar-refractivity contribution < 1.29 is 14.7 Å². The summed E-state index contributed by atoms with van der Waals surface area (Å²) in [4.78, 5) is 28.6. The number of unbranched alkanes of at least 4 members (excludes halogenated alkanes) is 1. The highest BCUT2D eigenvalue weighted by molar-refractivity contribution is 7.18. The molecule has 37 heavy (non-hydrogen) atoms. The summed E-state index contributed by atoms with van der Waals surface area (Å²) in [5, 5.41) is 19.9. The van der Waals surface area contributed by atoms with Crippen LogP contribution < -0.4 is 4.90 Å². The fourth-order valence-corrected chi connectivity index (χ4v) is 5.82. The van der Waals surface area contributed by atoms with E-state index in [1.54, 1.807) is 17.0 Å². The van der Waals surface area contributed by atoms with Crippen LogP contribution in [0.25, 0.3) is 10.6 Å². The molecule has 0 unspecified atom stereocenters. The van der Waals surface area contributed by atoms with Crippen molar-refractivity contribution in [2.24, 2.45) is 5.92 Å². The molecule has 0 saturated carbocycles. The van der Waals surface area contributed by atoms with Gasteiger partial charge in [0.15, 0.2) is 0 Å². The van der Waals surface area contributed by atoms with Gasteiger partial charge in [0.25, 0.3) is 5.91 Å². The van der Waals surface area contributed by atoms with Crippen molar-refractivity contribution in [1.29, 1.82) is 0 Å². The lowest BCUT2D eigenvalue weighted by molar-refractivity contribution is -0.143. The van der Waals surface area contributed by atoms with Gasteiger partial charge in [-0.25, -0.2) is 0 Å². The minimum Gasteiger partial charge on any atom is -0.481 e. The number of amides is 1. The van der Waals surface area contributed by atoms with E-state index >= 15 is 0 Å². The zero-order valence-electron chi connectivity index (χ0n) is 21.5. The summed E-state index contributed by atoms with van der Waals surface area (Å²) < 4.78 is 0. The second-order valence-corrected chi connectivity index (χ2v) is 11.0. The monoisotopic (exact) mass is 540 g/mol. The molecule has 4 rings (SSSR count). The van der Waals surface area contributed by atoms with Crippen LogP contribution >= 0.6 is 22.9 Å². The van der Waals surface area contributed by atoms with Crippen molar-refractivity contribution in [3.63, 3.8) is 0 Å². The standard InChI is InChI=1S/C28H33ClN4O3S/c1-4-5-12-33(26(34)22-8-6-7-9-24(22)29)28-31-30-25(37-28)21-15-18(2)23(19(3)16-21)17-32-13-10-20(11-14-32)27(35)36/h6-9,15-16,20H,4-5,10-14,17H2,1-3H3,(H,35,36). The smallest absolute Gasteiger partial charge is 0.306 e. The average Bonchev–Trinajstić information content (AvgIpc) is 3.37. The SMILES string of the molecule is CCCCN(C(=O)c1ccccc1Cl)c1nnc(-c2cc(C)c(CN3CCC(C(=O)O)CC3)c(C)c2)s1. The number of likely N-dealkylation sites (tertiary alicyclic amines) is 1. The first kappa shape index (κ1) is 27.2. The third-order valence-corrected chi connectivity index (χ3v) is 8.32. The number of aryl methyl sites for hydroxylation is 2. The van der Waals surface area contributed by atoms with Crippen LogP contribution in [-0.2, 0) is 11.3 Å². The molecule has 0 radical (unpaired) electrons. The average molecular weight is 541 g/mol. The Kier molecular flexibility index (Phi) is 8.95. The highest BCUT2D eigenvalue weighted by Gasteiger charge is 2.26. The van der Waals surface area contributed by atoms with Gasteiger partial charge in [0.2, 0.25) is 5.13 Å². The number of carboxylic acid groups (broad SMARTS) is 1. The number of aromatic nitrogens is 2. The number of carboxylic acids is 1. The number of anilines is 1. The third-order valence-electron chi connectivity index (χ3n) is 6.99. The molecule has 0 bridgehead atoms. The van der Waals surface area contributed by atoms with Crippen LogP contribution in [0.1, 0.15) is 59.7 Å².